The maximum Gasteiger partial charge on any atom is 0.0110 e. The smallest absolute Gasteiger partial charge is 0.0110 e. The lowest BCUT2D eigenvalue weighted by Crippen LogP contribution is -2.44. The number of hydrogen-bond donors (Lipinski definition) is 0. The fourth-order valence-corrected chi connectivity index (χ4v) is 2.81. The van der Waals surface area contributed by atoms with Gasteiger partial charge in [-0.15, -0.1) is 0 Å². The molecule has 0 N–H and O–H groups in total. The van der Waals surface area contributed by atoms with Crippen LogP contribution in [0.2, 0.25) is 0 Å². The molecule has 1 aromatic carbocycles. The highest BCUT2D eigenvalue weighted by Crippen LogP contribution is 2.20. The molecular formula is C17H28N2. The molecule has 0 saturated carbocycles. The molecule has 1 aliphatic heterocycles. The Kier molecular flexibility index (Phi) is 5.87. The topological polar surface area (TPSA) is 6.48 Å². The van der Waals surface area contributed by atoms with Gasteiger partial charge in [0.2, 0.25) is 0 Å². The lowest BCUT2D eigenvalue weighted by Gasteiger charge is -2.32. The van der Waals surface area contributed by atoms with Crippen LogP contribution in [0.15, 0.2) is 30.3 Å². The van der Waals surface area contributed by atoms with E-state index < -0.39 is 0 Å². The highest BCUT2D eigenvalue weighted by Gasteiger charge is 2.13. The monoisotopic (exact) mass is 260 g/mol. The molecule has 0 unspecified atom stereocenters. The first-order valence-electron chi connectivity index (χ1n) is 7.71. The lowest BCUT2D eigenvalue weighted by molar-refractivity contribution is 0.152. The van der Waals surface area contributed by atoms with Crippen molar-refractivity contribution in [2.24, 2.45) is 0 Å². The molecule has 1 heterocycles. The summed E-state index contributed by atoms with van der Waals surface area (Å²) in [6.07, 6.45) is 4.01. The van der Waals surface area contributed by atoms with Crippen molar-refractivity contribution in [2.75, 3.05) is 39.8 Å². The van der Waals surface area contributed by atoms with Gasteiger partial charge in [-0.3, -0.25) is 0 Å². The zero-order valence-corrected chi connectivity index (χ0v) is 12.5. The Balaban J connectivity index is 1.59. The van der Waals surface area contributed by atoms with E-state index in [0.717, 1.165) is 0 Å². The van der Waals surface area contributed by atoms with Crippen LogP contribution in [0.4, 0.5) is 0 Å². The summed E-state index contributed by atoms with van der Waals surface area (Å²) in [4.78, 5) is 5.04. The van der Waals surface area contributed by atoms with E-state index in [2.05, 4.69) is 54.1 Å². The molecule has 106 valence electrons. The highest BCUT2D eigenvalue weighted by atomic mass is 15.2. The number of piperazine rings is 1. The van der Waals surface area contributed by atoms with E-state index in [-0.39, 0.29) is 0 Å². The Hall–Kier alpha value is -0.860. The number of nitrogens with zero attached hydrogens (tertiary/aromatic N) is 2. The number of unbranched alkanes of at least 4 members (excludes halogenated alkanes) is 1. The molecule has 0 aliphatic carbocycles. The second-order valence-corrected chi connectivity index (χ2v) is 5.95. The van der Waals surface area contributed by atoms with Gasteiger partial charge < -0.3 is 9.80 Å². The fraction of sp³-hybridized carbons (Fsp3) is 0.647. The van der Waals surface area contributed by atoms with Crippen molar-refractivity contribution in [1.29, 1.82) is 0 Å². The third kappa shape index (κ3) is 4.96. The van der Waals surface area contributed by atoms with E-state index in [1.807, 2.05) is 0 Å². The van der Waals surface area contributed by atoms with Crippen molar-refractivity contribution in [3.05, 3.63) is 35.9 Å². The van der Waals surface area contributed by atoms with E-state index in [9.17, 15) is 0 Å². The average molecular weight is 260 g/mol. The van der Waals surface area contributed by atoms with Gasteiger partial charge in [-0.05, 0) is 37.9 Å². The molecule has 0 aromatic heterocycles. The molecule has 1 fully saturated rings. The van der Waals surface area contributed by atoms with Gasteiger partial charge in [0.1, 0.15) is 0 Å². The van der Waals surface area contributed by atoms with Crippen LogP contribution in [0, 0.1) is 0 Å². The predicted molar refractivity (Wildman–Crippen MR) is 82.6 cm³/mol. The molecule has 1 atom stereocenters. The molecule has 0 spiro atoms. The van der Waals surface area contributed by atoms with Gasteiger partial charge in [0.25, 0.3) is 0 Å². The van der Waals surface area contributed by atoms with Crippen LogP contribution in [0.1, 0.15) is 37.7 Å². The van der Waals surface area contributed by atoms with E-state index in [0.29, 0.717) is 5.92 Å². The molecule has 19 heavy (non-hydrogen) atoms. The molecule has 2 nitrogen and oxygen atoms in total. The third-order valence-electron chi connectivity index (χ3n) is 4.33. The Morgan fingerprint density at radius 2 is 1.68 bits per heavy atom. The Bertz CT molecular complexity index is 342. The van der Waals surface area contributed by atoms with Gasteiger partial charge in [-0.25, -0.2) is 0 Å². The van der Waals surface area contributed by atoms with Crippen LogP contribution in [0.3, 0.4) is 0 Å². The summed E-state index contributed by atoms with van der Waals surface area (Å²) in [6, 6.07) is 10.9. The van der Waals surface area contributed by atoms with E-state index in [1.165, 1.54) is 57.5 Å². The van der Waals surface area contributed by atoms with Crippen LogP contribution >= 0.6 is 0 Å². The normalized spacial score (nSPS) is 19.5. The van der Waals surface area contributed by atoms with Gasteiger partial charge >= 0.3 is 0 Å². The minimum absolute atomic E-state index is 0.702. The first kappa shape index (κ1) is 14.5. The number of rotatable bonds is 6. The van der Waals surface area contributed by atoms with Crippen molar-refractivity contribution in [2.45, 2.75) is 32.1 Å². The maximum atomic E-state index is 2.62. The minimum atomic E-state index is 0.702. The summed E-state index contributed by atoms with van der Waals surface area (Å²) in [6.45, 7) is 8.62. The van der Waals surface area contributed by atoms with Crippen LogP contribution in [-0.4, -0.2) is 49.6 Å². The number of likely N-dealkylation sites (N-methyl/N-ethyl adjacent to an activating group) is 1. The molecule has 2 heteroatoms. The average Bonchev–Trinajstić information content (AvgIpc) is 2.46. The van der Waals surface area contributed by atoms with Crippen LogP contribution in [-0.2, 0) is 0 Å². The van der Waals surface area contributed by atoms with Gasteiger partial charge in [0, 0.05) is 26.2 Å². The molecule has 1 saturated heterocycles. The minimum Gasteiger partial charge on any atom is -0.304 e. The third-order valence-corrected chi connectivity index (χ3v) is 4.33. The lowest BCUT2D eigenvalue weighted by atomic mass is 9.95. The van der Waals surface area contributed by atoms with Crippen molar-refractivity contribution in [3.8, 4) is 0 Å². The highest BCUT2D eigenvalue weighted by molar-refractivity contribution is 5.18. The zero-order valence-electron chi connectivity index (χ0n) is 12.5. The number of benzene rings is 1. The second kappa shape index (κ2) is 7.66. The molecule has 0 radical (unpaired) electrons. The van der Waals surface area contributed by atoms with Crippen molar-refractivity contribution in [1.82, 2.24) is 9.80 Å². The van der Waals surface area contributed by atoms with Crippen LogP contribution < -0.4 is 0 Å². The van der Waals surface area contributed by atoms with Crippen molar-refractivity contribution < 1.29 is 0 Å². The van der Waals surface area contributed by atoms with Crippen LogP contribution in [0.5, 0.6) is 0 Å². The Morgan fingerprint density at radius 3 is 2.37 bits per heavy atom. The summed E-state index contributed by atoms with van der Waals surface area (Å²) < 4.78 is 0. The Morgan fingerprint density at radius 1 is 1.00 bits per heavy atom. The van der Waals surface area contributed by atoms with Gasteiger partial charge in [-0.1, -0.05) is 43.7 Å². The molecule has 1 aromatic rings. The fourth-order valence-electron chi connectivity index (χ4n) is 2.81. The summed E-state index contributed by atoms with van der Waals surface area (Å²) in [5.74, 6) is 0.702. The maximum absolute atomic E-state index is 2.62. The predicted octanol–water partition coefficient (Wildman–Crippen LogP) is 3.21. The molecular weight excluding hydrogens is 232 g/mol. The SMILES string of the molecule is C[C@@H](CCCCN1CCN(C)CC1)c1ccccc1. The standard InChI is InChI=1S/C17H28N2/c1-16(17-9-4-3-5-10-17)8-6-7-11-19-14-12-18(2)13-15-19/h3-5,9-10,16H,6-8,11-15H2,1-2H3/t16-/m0/s1. The van der Waals surface area contributed by atoms with E-state index in [4.69, 9.17) is 0 Å². The summed E-state index contributed by atoms with van der Waals surface area (Å²) >= 11 is 0. The zero-order chi connectivity index (χ0) is 13.5. The molecule has 1 aliphatic rings. The Labute approximate surface area is 118 Å². The molecule has 0 bridgehead atoms. The summed E-state index contributed by atoms with van der Waals surface area (Å²) in [5.41, 5.74) is 1.49. The largest absolute Gasteiger partial charge is 0.304 e. The quantitative estimate of drug-likeness (QED) is 0.725. The first-order valence-corrected chi connectivity index (χ1v) is 7.71. The first-order chi connectivity index (χ1) is 9.25. The van der Waals surface area contributed by atoms with Crippen molar-refractivity contribution >= 4 is 0 Å². The molecule has 2 rings (SSSR count). The van der Waals surface area contributed by atoms with Crippen molar-refractivity contribution in [3.63, 3.8) is 0 Å². The van der Waals surface area contributed by atoms with E-state index in [1.54, 1.807) is 0 Å². The summed E-state index contributed by atoms with van der Waals surface area (Å²) in [7, 11) is 2.22. The molecule has 0 amide bonds. The van der Waals surface area contributed by atoms with Gasteiger partial charge in [0.15, 0.2) is 0 Å². The van der Waals surface area contributed by atoms with Gasteiger partial charge in [-0.2, -0.15) is 0 Å². The summed E-state index contributed by atoms with van der Waals surface area (Å²) in [5, 5.41) is 0. The number of hydrogen-bond acceptors (Lipinski definition) is 2. The van der Waals surface area contributed by atoms with Gasteiger partial charge in [0.05, 0.1) is 0 Å². The van der Waals surface area contributed by atoms with E-state index >= 15 is 0 Å². The van der Waals surface area contributed by atoms with Crippen LogP contribution in [0.25, 0.3) is 0 Å². The second-order valence-electron chi connectivity index (χ2n) is 5.95.